The molecule has 0 aliphatic rings. The van der Waals surface area contributed by atoms with Gasteiger partial charge in [0.25, 0.3) is 0 Å². The third-order valence-electron chi connectivity index (χ3n) is 0. The van der Waals surface area contributed by atoms with E-state index in [4.69, 9.17) is 15.0 Å². The Balaban J connectivity index is -0.00000000300. The third-order valence-corrected chi connectivity index (χ3v) is 0. The Kier molecular flexibility index (Phi) is 270. The van der Waals surface area contributed by atoms with Crippen LogP contribution in [0.5, 0.6) is 0 Å². The summed E-state index contributed by atoms with van der Waals surface area (Å²) in [6.07, 6.45) is -1.83. The molecule has 0 aromatic rings. The van der Waals surface area contributed by atoms with Crippen LogP contribution in [-0.4, -0.2) is 108 Å². The van der Waals surface area contributed by atoms with Crippen molar-refractivity contribution in [1.82, 2.24) is 0 Å². The summed E-state index contributed by atoms with van der Waals surface area (Å²) in [4.78, 5) is 8.56. The van der Waals surface area contributed by atoms with Crippen LogP contribution in [0.4, 0.5) is 4.79 Å². The zero-order valence-corrected chi connectivity index (χ0v) is 7.05. The summed E-state index contributed by atoms with van der Waals surface area (Å²) >= 11 is 0. The van der Waals surface area contributed by atoms with Crippen LogP contribution in [0.3, 0.4) is 0 Å². The van der Waals surface area contributed by atoms with E-state index in [2.05, 4.69) is 0 Å². The molecule has 0 aromatic heterocycles. The van der Waals surface area contributed by atoms with Gasteiger partial charge in [0.15, 0.2) is 34.7 Å². The van der Waals surface area contributed by atoms with Crippen LogP contribution in [0.15, 0.2) is 0 Å². The van der Waals surface area contributed by atoms with Crippen molar-refractivity contribution in [2.24, 2.45) is 0 Å². The van der Waals surface area contributed by atoms with Crippen molar-refractivity contribution in [3.05, 3.63) is 0 Å². The van der Waals surface area contributed by atoms with Gasteiger partial charge < -0.3 is 21.2 Å². The maximum Gasteiger partial charge on any atom is 2.00 e. The van der Waals surface area contributed by atoms with Gasteiger partial charge in [0.1, 0.15) is 0 Å². The Morgan fingerprint density at radius 1 is 0.900 bits per heavy atom. The average Bonchev–Trinajstić information content (AvgIpc) is 0.811. The first-order valence-corrected chi connectivity index (χ1v) is 0.651. The molecule has 10 heavy (non-hydrogen) atoms. The molecule has 5 nitrogen and oxygen atoms in total. The number of carboxylic acid groups (broad SMARTS) is 2. The van der Waals surface area contributed by atoms with Crippen LogP contribution < -0.4 is 0 Å². The molecule has 0 saturated heterocycles. The van der Waals surface area contributed by atoms with E-state index < -0.39 is 6.16 Å². The molecular weight excluding hydrogens is 195 g/mol. The van der Waals surface area contributed by atoms with Crippen LogP contribution in [0.2, 0.25) is 0 Å². The SMILES string of the molecule is O.O.O=C(O)O.[AlH3].[AlH3].[Mg+2].[Mg+2]. The molecule has 0 spiro atoms. The minimum absolute atomic E-state index is 0. The largest absolute Gasteiger partial charge is 2.00 e. The summed E-state index contributed by atoms with van der Waals surface area (Å²) in [5, 5.41) is 13.9. The predicted octanol–water partition coefficient (Wildman–Crippen LogP) is -4.56. The Morgan fingerprint density at radius 3 is 0.900 bits per heavy atom. The van der Waals surface area contributed by atoms with Crippen molar-refractivity contribution >= 4 is 87.0 Å². The fraction of sp³-hybridized carbons (Fsp3) is 0. The molecule has 0 rings (SSSR count). The van der Waals surface area contributed by atoms with Crippen molar-refractivity contribution in [3.63, 3.8) is 0 Å². The van der Waals surface area contributed by atoms with Crippen LogP contribution in [0.1, 0.15) is 0 Å². The molecule has 9 heteroatoms. The third kappa shape index (κ3) is 237. The van der Waals surface area contributed by atoms with E-state index in [0.29, 0.717) is 0 Å². The van der Waals surface area contributed by atoms with Gasteiger partial charge in [-0.05, 0) is 0 Å². The molecule has 0 aliphatic heterocycles. The van der Waals surface area contributed by atoms with Crippen LogP contribution in [0.25, 0.3) is 0 Å². The van der Waals surface area contributed by atoms with Crippen LogP contribution in [0, 0.1) is 0 Å². The Hall–Kier alpha value is 1.79. The van der Waals surface area contributed by atoms with Crippen LogP contribution in [-0.2, 0) is 0 Å². The number of hydrogen-bond donors (Lipinski definition) is 2. The first-order valence-electron chi connectivity index (χ1n) is 0.651. The first-order chi connectivity index (χ1) is 1.73. The Labute approximate surface area is 112 Å². The van der Waals surface area contributed by atoms with Gasteiger partial charge in [-0.3, -0.25) is 0 Å². The molecular formula is CH12Al2Mg2O5+4. The van der Waals surface area contributed by atoms with E-state index in [0.717, 1.165) is 0 Å². The Bertz CT molecular complexity index is 40.6. The van der Waals surface area contributed by atoms with Gasteiger partial charge in [-0.15, -0.1) is 0 Å². The maximum atomic E-state index is 8.56. The van der Waals surface area contributed by atoms with E-state index in [9.17, 15) is 0 Å². The summed E-state index contributed by atoms with van der Waals surface area (Å²) < 4.78 is 0. The average molecular weight is 207 g/mol. The summed E-state index contributed by atoms with van der Waals surface area (Å²) in [6.45, 7) is 0. The molecule has 0 amide bonds. The normalized spacial score (nSPS) is 2.40. The standard InChI is InChI=1S/CH2O3.2Al.2Mg.2H2O.6H/c2-1(3)4;;;;;;;;;;;;/h(H2,2,3,4);;;;;2*1H2;;;;;;/q;;;2*+2;;;;;;;;. The topological polar surface area (TPSA) is 121 Å². The second-order valence-corrected chi connectivity index (χ2v) is 0.283. The van der Waals surface area contributed by atoms with Crippen molar-refractivity contribution in [3.8, 4) is 0 Å². The molecule has 0 heterocycles. The second-order valence-electron chi connectivity index (χ2n) is 0.283. The van der Waals surface area contributed by atoms with Crippen molar-refractivity contribution in [2.45, 2.75) is 0 Å². The molecule has 6 N–H and O–H groups in total. The molecule has 0 fully saturated rings. The molecule has 0 unspecified atom stereocenters. The molecule has 0 radical (unpaired) electrons. The maximum absolute atomic E-state index is 8.56. The van der Waals surface area contributed by atoms with Crippen molar-refractivity contribution < 1.29 is 26.0 Å². The van der Waals surface area contributed by atoms with Crippen molar-refractivity contribution in [1.29, 1.82) is 0 Å². The summed E-state index contributed by atoms with van der Waals surface area (Å²) in [5.74, 6) is 0. The van der Waals surface area contributed by atoms with E-state index in [1.165, 1.54) is 0 Å². The van der Waals surface area contributed by atoms with E-state index in [-0.39, 0.29) is 91.8 Å². The number of rotatable bonds is 0. The zero-order chi connectivity index (χ0) is 3.58. The zero-order valence-electron chi connectivity index (χ0n) is 4.22. The van der Waals surface area contributed by atoms with Gasteiger partial charge >= 0.3 is 52.3 Å². The molecule has 0 aliphatic carbocycles. The molecule has 52 valence electrons. The second kappa shape index (κ2) is 45.1. The minimum Gasteiger partial charge on any atom is -0.450 e. The Morgan fingerprint density at radius 2 is 0.900 bits per heavy atom. The monoisotopic (exact) mass is 206 g/mol. The van der Waals surface area contributed by atoms with Gasteiger partial charge in [0, 0.05) is 0 Å². The van der Waals surface area contributed by atoms with Crippen LogP contribution >= 0.6 is 0 Å². The molecule has 0 bridgehead atoms. The van der Waals surface area contributed by atoms with E-state index >= 15 is 0 Å². The van der Waals surface area contributed by atoms with Gasteiger partial charge in [0.2, 0.25) is 0 Å². The van der Waals surface area contributed by atoms with E-state index in [1.54, 1.807) is 0 Å². The first kappa shape index (κ1) is 59.8. The van der Waals surface area contributed by atoms with Gasteiger partial charge in [-0.2, -0.15) is 0 Å². The van der Waals surface area contributed by atoms with E-state index in [1.807, 2.05) is 0 Å². The summed E-state index contributed by atoms with van der Waals surface area (Å²) in [7, 11) is 0. The molecule has 0 aromatic carbocycles. The van der Waals surface area contributed by atoms with Gasteiger partial charge in [-0.25, -0.2) is 4.79 Å². The van der Waals surface area contributed by atoms with Gasteiger partial charge in [0.05, 0.1) is 0 Å². The van der Waals surface area contributed by atoms with Crippen molar-refractivity contribution in [2.75, 3.05) is 0 Å². The predicted molar refractivity (Wildman–Crippen MR) is 49.3 cm³/mol. The minimum atomic E-state index is -1.83. The molecule has 0 saturated carbocycles. The number of hydrogen-bond acceptors (Lipinski definition) is 1. The quantitative estimate of drug-likeness (QED) is 0.388. The smallest absolute Gasteiger partial charge is 0.450 e. The fourth-order valence-corrected chi connectivity index (χ4v) is 0. The molecule has 0 atom stereocenters. The fourth-order valence-electron chi connectivity index (χ4n) is 0. The summed E-state index contributed by atoms with van der Waals surface area (Å²) in [6, 6.07) is 0. The number of carbonyl (C=O) groups is 1. The summed E-state index contributed by atoms with van der Waals surface area (Å²) in [5.41, 5.74) is 0. The van der Waals surface area contributed by atoms with Gasteiger partial charge in [-0.1, -0.05) is 0 Å².